The number of aryl methyl sites for hydroxylation is 1. The van der Waals surface area contributed by atoms with Gasteiger partial charge in [0.05, 0.1) is 23.5 Å². The second kappa shape index (κ2) is 12.5. The van der Waals surface area contributed by atoms with Crippen molar-refractivity contribution in [1.82, 2.24) is 15.2 Å². The van der Waals surface area contributed by atoms with Crippen LogP contribution in [0, 0.1) is 18.3 Å². The van der Waals surface area contributed by atoms with Crippen LogP contribution >= 0.6 is 0 Å². The lowest BCUT2D eigenvalue weighted by Crippen LogP contribution is -2.34. The summed E-state index contributed by atoms with van der Waals surface area (Å²) < 4.78 is 0. The van der Waals surface area contributed by atoms with E-state index in [1.165, 1.54) is 0 Å². The van der Waals surface area contributed by atoms with Crippen LogP contribution in [-0.4, -0.2) is 47.9 Å². The molecule has 38 heavy (non-hydrogen) atoms. The van der Waals surface area contributed by atoms with Gasteiger partial charge in [0.15, 0.2) is 0 Å². The van der Waals surface area contributed by atoms with Gasteiger partial charge in [-0.1, -0.05) is 46.8 Å². The third-order valence-electron chi connectivity index (χ3n) is 6.60. The number of nitriles is 1. The molecule has 0 aliphatic carbocycles. The minimum absolute atomic E-state index is 0.103. The Morgan fingerprint density at radius 3 is 2.26 bits per heavy atom. The Morgan fingerprint density at radius 2 is 1.66 bits per heavy atom. The SMILES string of the molecule is CCN(CC)CCNC(=O)c1ccc(-c2cc(NC(=O)c3cc(C#N)cc(C(C)(C)C)c3)cnc2C)cc1. The van der Waals surface area contributed by atoms with Crippen LogP contribution in [0.3, 0.4) is 0 Å². The van der Waals surface area contributed by atoms with Crippen molar-refractivity contribution < 1.29 is 9.59 Å². The van der Waals surface area contributed by atoms with Gasteiger partial charge < -0.3 is 15.5 Å². The first kappa shape index (κ1) is 28.5. The summed E-state index contributed by atoms with van der Waals surface area (Å²) in [6.07, 6.45) is 1.62. The fourth-order valence-electron chi connectivity index (χ4n) is 4.12. The molecule has 0 aliphatic heterocycles. The molecule has 3 aromatic rings. The molecule has 7 nitrogen and oxygen atoms in total. The first-order valence-corrected chi connectivity index (χ1v) is 13.0. The number of nitrogens with one attached hydrogen (secondary N) is 2. The van der Waals surface area contributed by atoms with Gasteiger partial charge in [0.2, 0.25) is 0 Å². The summed E-state index contributed by atoms with van der Waals surface area (Å²) in [5.74, 6) is -0.408. The zero-order chi connectivity index (χ0) is 27.9. The predicted octanol–water partition coefficient (Wildman–Crippen LogP) is 5.55. The Labute approximate surface area is 225 Å². The fourth-order valence-corrected chi connectivity index (χ4v) is 4.12. The molecule has 0 bridgehead atoms. The maximum atomic E-state index is 13.1. The minimum Gasteiger partial charge on any atom is -0.351 e. The normalized spacial score (nSPS) is 11.2. The molecule has 3 rings (SSSR count). The second-order valence-corrected chi connectivity index (χ2v) is 10.3. The number of nitrogens with zero attached hydrogens (tertiary/aromatic N) is 3. The summed E-state index contributed by atoms with van der Waals surface area (Å²) in [4.78, 5) is 32.4. The highest BCUT2D eigenvalue weighted by Crippen LogP contribution is 2.27. The molecule has 2 N–H and O–H groups in total. The van der Waals surface area contributed by atoms with E-state index in [0.29, 0.717) is 28.9 Å². The fraction of sp³-hybridized carbons (Fsp3) is 0.355. The van der Waals surface area contributed by atoms with Crippen molar-refractivity contribution in [1.29, 1.82) is 5.26 Å². The van der Waals surface area contributed by atoms with Crippen molar-refractivity contribution in [3.8, 4) is 17.2 Å². The molecule has 2 aromatic carbocycles. The number of aromatic nitrogens is 1. The summed E-state index contributed by atoms with van der Waals surface area (Å²) in [5, 5.41) is 15.3. The van der Waals surface area contributed by atoms with E-state index in [0.717, 1.165) is 42.0 Å². The van der Waals surface area contributed by atoms with Gasteiger partial charge in [-0.3, -0.25) is 14.6 Å². The lowest BCUT2D eigenvalue weighted by Gasteiger charge is -2.20. The van der Waals surface area contributed by atoms with Gasteiger partial charge in [0.1, 0.15) is 0 Å². The van der Waals surface area contributed by atoms with Gasteiger partial charge >= 0.3 is 0 Å². The van der Waals surface area contributed by atoms with Crippen LogP contribution in [-0.2, 0) is 5.41 Å². The largest absolute Gasteiger partial charge is 0.351 e. The van der Waals surface area contributed by atoms with Gasteiger partial charge in [0, 0.05) is 35.5 Å². The van der Waals surface area contributed by atoms with Gasteiger partial charge in [-0.15, -0.1) is 0 Å². The Hall–Kier alpha value is -4.02. The molecule has 0 fully saturated rings. The smallest absolute Gasteiger partial charge is 0.255 e. The number of anilines is 1. The highest BCUT2D eigenvalue weighted by molar-refractivity contribution is 6.05. The Bertz CT molecular complexity index is 1330. The number of likely N-dealkylation sites (N-methyl/N-ethyl adjacent to an activating group) is 1. The number of carbonyl (C=O) groups is 2. The van der Waals surface area contributed by atoms with Gasteiger partial charge in [-0.2, -0.15) is 5.26 Å². The molecule has 0 radical (unpaired) electrons. The van der Waals surface area contributed by atoms with Crippen molar-refractivity contribution in [3.63, 3.8) is 0 Å². The lowest BCUT2D eigenvalue weighted by atomic mass is 9.85. The van der Waals surface area contributed by atoms with Crippen LogP contribution in [0.1, 0.15) is 72.2 Å². The number of hydrogen-bond donors (Lipinski definition) is 2. The third kappa shape index (κ3) is 7.27. The van der Waals surface area contributed by atoms with E-state index in [1.54, 1.807) is 24.4 Å². The zero-order valence-electron chi connectivity index (χ0n) is 23.2. The van der Waals surface area contributed by atoms with E-state index < -0.39 is 0 Å². The Morgan fingerprint density at radius 1 is 0.974 bits per heavy atom. The summed E-state index contributed by atoms with van der Waals surface area (Å²) >= 11 is 0. The maximum Gasteiger partial charge on any atom is 0.255 e. The summed E-state index contributed by atoms with van der Waals surface area (Å²) in [6, 6.07) is 16.6. The summed E-state index contributed by atoms with van der Waals surface area (Å²) in [7, 11) is 0. The van der Waals surface area contributed by atoms with Crippen LogP contribution in [0.4, 0.5) is 5.69 Å². The van der Waals surface area contributed by atoms with E-state index in [-0.39, 0.29) is 17.2 Å². The van der Waals surface area contributed by atoms with Crippen LogP contribution in [0.5, 0.6) is 0 Å². The van der Waals surface area contributed by atoms with Gasteiger partial charge in [-0.05, 0) is 73.0 Å². The Balaban J connectivity index is 1.75. The average molecular weight is 512 g/mol. The van der Waals surface area contributed by atoms with Crippen molar-refractivity contribution >= 4 is 17.5 Å². The molecule has 7 heteroatoms. The molecule has 0 unspecified atom stereocenters. The molecule has 1 aromatic heterocycles. The minimum atomic E-state index is -0.305. The second-order valence-electron chi connectivity index (χ2n) is 10.3. The third-order valence-corrected chi connectivity index (χ3v) is 6.60. The van der Waals surface area contributed by atoms with Crippen LogP contribution in [0.25, 0.3) is 11.1 Å². The molecule has 0 atom stereocenters. The molecule has 2 amide bonds. The summed E-state index contributed by atoms with van der Waals surface area (Å²) in [6.45, 7) is 15.6. The maximum absolute atomic E-state index is 13.1. The van der Waals surface area contributed by atoms with Crippen LogP contribution in [0.2, 0.25) is 0 Å². The summed E-state index contributed by atoms with van der Waals surface area (Å²) in [5.41, 5.74) is 5.29. The topological polar surface area (TPSA) is 98.1 Å². The van der Waals surface area contributed by atoms with Gasteiger partial charge in [0.25, 0.3) is 11.8 Å². The van der Waals surface area contributed by atoms with Crippen LogP contribution < -0.4 is 10.6 Å². The Kier molecular flexibility index (Phi) is 9.38. The molecular weight excluding hydrogens is 474 g/mol. The average Bonchev–Trinajstić information content (AvgIpc) is 2.91. The highest BCUT2D eigenvalue weighted by atomic mass is 16.2. The molecule has 0 spiro atoms. The molecule has 0 aliphatic rings. The monoisotopic (exact) mass is 511 g/mol. The van der Waals surface area contributed by atoms with E-state index in [9.17, 15) is 14.9 Å². The number of benzene rings is 2. The van der Waals surface area contributed by atoms with Gasteiger partial charge in [-0.25, -0.2) is 0 Å². The number of hydrogen-bond acceptors (Lipinski definition) is 5. The first-order valence-electron chi connectivity index (χ1n) is 13.0. The number of carbonyl (C=O) groups excluding carboxylic acids is 2. The van der Waals surface area contributed by atoms with E-state index in [2.05, 4.69) is 40.4 Å². The molecule has 1 heterocycles. The number of amides is 2. The highest BCUT2D eigenvalue weighted by Gasteiger charge is 2.18. The van der Waals surface area contributed by atoms with Crippen molar-refractivity contribution in [2.45, 2.75) is 47.0 Å². The van der Waals surface area contributed by atoms with E-state index >= 15 is 0 Å². The number of rotatable bonds is 9. The van der Waals surface area contributed by atoms with Crippen molar-refractivity contribution in [2.75, 3.05) is 31.5 Å². The van der Waals surface area contributed by atoms with Crippen molar-refractivity contribution in [2.24, 2.45) is 0 Å². The van der Waals surface area contributed by atoms with E-state index in [1.807, 2.05) is 58.0 Å². The molecular formula is C31H37N5O2. The lowest BCUT2D eigenvalue weighted by molar-refractivity contribution is 0.0948. The predicted molar refractivity (Wildman–Crippen MR) is 152 cm³/mol. The van der Waals surface area contributed by atoms with E-state index in [4.69, 9.17) is 0 Å². The van der Waals surface area contributed by atoms with Crippen LogP contribution in [0.15, 0.2) is 54.7 Å². The molecule has 0 saturated heterocycles. The first-order chi connectivity index (χ1) is 18.0. The number of pyridine rings is 1. The molecule has 0 saturated carbocycles. The molecule has 198 valence electrons. The zero-order valence-corrected chi connectivity index (χ0v) is 23.2. The van der Waals surface area contributed by atoms with Crippen molar-refractivity contribution in [3.05, 3.63) is 82.7 Å². The quantitative estimate of drug-likeness (QED) is 0.392. The standard InChI is InChI=1S/C31H37N5O2/c1-7-36(8-2)14-13-33-29(37)24-11-9-23(10-12-24)28-18-27(20-34-21(28)3)35-30(38)25-15-22(19-32)16-26(17-25)31(4,5)6/h9-12,15-18,20H,7-8,13-14H2,1-6H3,(H,33,37)(H,35,38).